The fourth-order valence-electron chi connectivity index (χ4n) is 11.9. The summed E-state index contributed by atoms with van der Waals surface area (Å²) in [6.07, 6.45) is 0. The third kappa shape index (κ3) is 11.3. The van der Waals surface area contributed by atoms with Gasteiger partial charge in [0.05, 0.1) is 30.5 Å². The molecule has 0 aliphatic carbocycles. The fraction of sp³-hybridized carbons (Fsp3) is 0.211. The van der Waals surface area contributed by atoms with Crippen molar-refractivity contribution in [1.29, 1.82) is 5.26 Å². The lowest BCUT2D eigenvalue weighted by atomic mass is 9.50. The number of hydrogen-bond donors (Lipinski definition) is 0. The van der Waals surface area contributed by atoms with Gasteiger partial charge in [-0.05, 0) is 82.3 Å². The summed E-state index contributed by atoms with van der Waals surface area (Å²) in [6.45, 7) is 31.1. The Labute approximate surface area is 516 Å². The average molecular weight is 1150 g/mol. The lowest BCUT2D eigenvalue weighted by molar-refractivity contribution is 0.271. The number of hydrogen-bond acceptors (Lipinski definition) is 7. The highest BCUT2D eigenvalue weighted by Crippen LogP contribution is 2.40. The zero-order valence-electron chi connectivity index (χ0n) is 51.7. The van der Waals surface area contributed by atoms with Crippen LogP contribution in [0.15, 0.2) is 215 Å². The average Bonchev–Trinajstić information content (AvgIpc) is 1.53. The largest absolute Gasteiger partial charge is 0.493 e. The second-order valence-corrected chi connectivity index (χ2v) is 25.6. The van der Waals surface area contributed by atoms with E-state index in [-0.39, 0.29) is 45.7 Å². The first kappa shape index (κ1) is 58.4. The van der Waals surface area contributed by atoms with Gasteiger partial charge in [0, 0.05) is 33.3 Å². The van der Waals surface area contributed by atoms with Crippen LogP contribution in [0, 0.1) is 29.7 Å². The van der Waals surface area contributed by atoms with Crippen molar-refractivity contribution in [2.24, 2.45) is 11.8 Å². The summed E-state index contributed by atoms with van der Waals surface area (Å²) in [4.78, 5) is 15.3. The van der Waals surface area contributed by atoms with Gasteiger partial charge in [0.2, 0.25) is 11.8 Å². The van der Waals surface area contributed by atoms with E-state index in [1.807, 2.05) is 60.7 Å². The van der Waals surface area contributed by atoms with Gasteiger partial charge in [-0.2, -0.15) is 5.26 Å². The van der Waals surface area contributed by atoms with Crippen LogP contribution >= 0.6 is 0 Å². The Morgan fingerprint density at radius 3 is 1.28 bits per heavy atom. The third-order valence-electron chi connectivity index (χ3n) is 16.1. The van der Waals surface area contributed by atoms with Gasteiger partial charge in [0.15, 0.2) is 11.2 Å². The Hall–Kier alpha value is -10.0. The van der Waals surface area contributed by atoms with Crippen LogP contribution in [-0.4, -0.2) is 45.8 Å². The van der Waals surface area contributed by atoms with Gasteiger partial charge in [0.1, 0.15) is 34.2 Å². The van der Waals surface area contributed by atoms with E-state index in [2.05, 4.69) is 235 Å². The molecule has 0 aliphatic rings. The number of aromatic nitrogens is 4. The van der Waals surface area contributed by atoms with Crippen molar-refractivity contribution in [2.75, 3.05) is 13.2 Å². The van der Waals surface area contributed by atoms with Crippen molar-refractivity contribution in [3.8, 4) is 40.1 Å². The Morgan fingerprint density at radius 1 is 0.511 bits per heavy atom. The Kier molecular flexibility index (Phi) is 15.9. The highest BCUT2D eigenvalue weighted by atomic mass is 16.5. The number of benzene rings is 8. The number of rotatable bonds is 16. The molecule has 0 unspecified atom stereocenters. The van der Waals surface area contributed by atoms with Crippen molar-refractivity contribution < 1.29 is 18.3 Å². The molecular formula is C76H70B2N6O4. The van der Waals surface area contributed by atoms with Crippen molar-refractivity contribution in [1.82, 2.24) is 18.9 Å². The molecular weight excluding hydrogens is 1080 g/mol. The van der Waals surface area contributed by atoms with Gasteiger partial charge >= 0.3 is 13.7 Å². The molecule has 12 heteroatoms. The monoisotopic (exact) mass is 1150 g/mol. The molecule has 88 heavy (non-hydrogen) atoms. The molecule has 0 N–H and O–H groups in total. The molecule has 10 nitrogen and oxygen atoms in total. The van der Waals surface area contributed by atoms with Crippen LogP contribution in [0.2, 0.25) is 0 Å². The molecule has 0 saturated carbocycles. The minimum absolute atomic E-state index is 0.143. The first-order valence-corrected chi connectivity index (χ1v) is 30.3. The van der Waals surface area contributed by atoms with Gasteiger partial charge in [-0.25, -0.2) is 14.8 Å². The standard InChI is InChI=1S/C76H70B2N6O4/c1-49(2)47-85-59-36-24-26-51(42-59)69-66-67(72(84(69)78(57-32-20-14-21-33-57)58-34-22-15-23-35-58)68(80-11)74-82-63-45-54(76(8,9)10)39-41-65(63)88-74)70(52-27-25-37-60(43-52)86-48-50(3)4)83(77(55-28-16-12-17-29-55)56-30-18-13-19-31-56)71(66)61(46-79)73-81-62-44-53(75(5,6)7)38-40-64(62)87-73/h12-45,49-50H,47-48H2,1-10H3/b71-61-,72-68+. The normalized spacial score (nSPS) is 12.6. The highest BCUT2D eigenvalue weighted by molar-refractivity contribution is 6.85. The summed E-state index contributed by atoms with van der Waals surface area (Å²) in [6, 6.07) is 73.0. The molecule has 12 rings (SSSR count). The quantitative estimate of drug-likeness (QED) is 0.0700. The topological polar surface area (TPSA) is 109 Å². The zero-order valence-corrected chi connectivity index (χ0v) is 51.7. The first-order chi connectivity index (χ1) is 42.5. The van der Waals surface area contributed by atoms with Gasteiger partial charge in [-0.3, -0.25) is 0 Å². The van der Waals surface area contributed by atoms with E-state index in [0.717, 1.165) is 44.1 Å². The van der Waals surface area contributed by atoms with Crippen LogP contribution in [0.4, 0.5) is 0 Å². The molecule has 434 valence electrons. The van der Waals surface area contributed by atoms with Crippen LogP contribution in [0.5, 0.6) is 11.5 Å². The van der Waals surface area contributed by atoms with E-state index in [1.165, 1.54) is 0 Å². The van der Waals surface area contributed by atoms with Crippen LogP contribution in [0.25, 0.3) is 71.6 Å². The smallest absolute Gasteiger partial charge is 0.328 e. The number of ether oxygens (including phenoxy) is 2. The maximum Gasteiger partial charge on any atom is 0.328 e. The second kappa shape index (κ2) is 24.0. The number of oxazole rings is 2. The van der Waals surface area contributed by atoms with E-state index in [4.69, 9.17) is 28.3 Å². The summed E-state index contributed by atoms with van der Waals surface area (Å²) in [7, 11) is 0. The molecule has 0 radical (unpaired) electrons. The van der Waals surface area contributed by atoms with Gasteiger partial charge < -0.3 is 27.3 Å². The maximum absolute atomic E-state index is 12.5. The van der Waals surface area contributed by atoms with E-state index < -0.39 is 13.7 Å². The summed E-state index contributed by atoms with van der Waals surface area (Å²) < 4.78 is 31.9. The number of nitrogens with zero attached hydrogens (tertiary/aromatic N) is 6. The van der Waals surface area contributed by atoms with Crippen LogP contribution in [-0.2, 0) is 10.8 Å². The first-order valence-electron chi connectivity index (χ1n) is 30.3. The van der Waals surface area contributed by atoms with Gasteiger partial charge in [-0.1, -0.05) is 249 Å². The Morgan fingerprint density at radius 2 is 0.898 bits per heavy atom. The Balaban J connectivity index is 1.43. The van der Waals surface area contributed by atoms with E-state index in [1.54, 1.807) is 0 Å². The second-order valence-electron chi connectivity index (χ2n) is 25.6. The molecule has 0 saturated heterocycles. The van der Waals surface area contributed by atoms with Crippen molar-refractivity contribution in [3.05, 3.63) is 251 Å². The minimum Gasteiger partial charge on any atom is -0.493 e. The predicted molar refractivity (Wildman–Crippen MR) is 360 cm³/mol. The molecule has 0 aliphatic heterocycles. The van der Waals surface area contributed by atoms with Gasteiger partial charge in [-0.15, -0.1) is 0 Å². The summed E-state index contributed by atoms with van der Waals surface area (Å²) in [5.74, 6) is 2.08. The Bertz CT molecular complexity index is 4370. The predicted octanol–water partition coefficient (Wildman–Crippen LogP) is 13.8. The van der Waals surface area contributed by atoms with E-state index in [0.29, 0.717) is 79.8 Å². The van der Waals surface area contributed by atoms with E-state index >= 15 is 0 Å². The third-order valence-corrected chi connectivity index (χ3v) is 16.1. The minimum atomic E-state index is -0.620. The molecule has 0 bridgehead atoms. The van der Waals surface area contributed by atoms with Gasteiger partial charge in [0.25, 0.3) is 5.70 Å². The molecule has 0 amide bonds. The van der Waals surface area contributed by atoms with Crippen LogP contribution < -0.4 is 42.0 Å². The van der Waals surface area contributed by atoms with Crippen molar-refractivity contribution >= 4 is 79.8 Å². The zero-order chi connectivity index (χ0) is 61.4. The highest BCUT2D eigenvalue weighted by Gasteiger charge is 2.38. The molecule has 0 spiro atoms. The lowest BCUT2D eigenvalue weighted by Crippen LogP contribution is -2.54. The summed E-state index contributed by atoms with van der Waals surface area (Å²) >= 11 is 0. The maximum atomic E-state index is 12.5. The molecule has 4 aromatic heterocycles. The van der Waals surface area contributed by atoms with E-state index in [9.17, 15) is 11.8 Å². The van der Waals surface area contributed by atoms with Crippen molar-refractivity contribution in [3.63, 3.8) is 0 Å². The summed E-state index contributed by atoms with van der Waals surface area (Å²) in [5.41, 5.74) is 11.2. The van der Waals surface area contributed by atoms with Crippen molar-refractivity contribution in [2.45, 2.75) is 80.1 Å². The number of fused-ring (bicyclic) bond motifs is 3. The van der Waals surface area contributed by atoms with Crippen LogP contribution in [0.3, 0.4) is 0 Å². The SMILES string of the molecule is [C-]#[N+]/C(c1nc2cc(C(C)(C)C)ccc2o1)=c1\c2c(-c3cccc(OCC(C)C)c3)n(B(c3ccccc3)c3ccccc3)/c(=C(/C#N)c3nc4cc(C(C)(C)C)ccc4o3)c2c(-c2cccc(OCC(C)C)c2)n1B(c1ccccc1)c1ccccc1. The molecule has 12 aromatic rings. The van der Waals surface area contributed by atoms with Crippen LogP contribution in [0.1, 0.15) is 92.1 Å². The molecule has 0 fully saturated rings. The lowest BCUT2D eigenvalue weighted by Gasteiger charge is -2.24. The molecule has 0 atom stereocenters. The molecule has 8 aromatic carbocycles. The summed E-state index contributed by atoms with van der Waals surface area (Å²) in [5, 5.41) is 14.9. The number of nitriles is 1. The fourth-order valence-corrected chi connectivity index (χ4v) is 11.9. The molecule has 4 heterocycles.